The number of nitrogen functional groups attached to an aromatic ring is 2. The highest BCUT2D eigenvalue weighted by Gasteiger charge is 2.06. The van der Waals surface area contributed by atoms with E-state index in [-0.39, 0.29) is 0 Å². The van der Waals surface area contributed by atoms with E-state index in [0.29, 0.717) is 17.3 Å². The molecular formula is C10H14N6O. The molecule has 90 valence electrons. The molecule has 0 saturated carbocycles. The molecule has 1 heterocycles. The number of benzene rings is 1. The molecule has 2 rings (SSSR count). The van der Waals surface area contributed by atoms with Crippen LogP contribution in [0.3, 0.4) is 0 Å². The summed E-state index contributed by atoms with van der Waals surface area (Å²) in [5.74, 6) is 1.48. The normalized spacial score (nSPS) is 9.94. The van der Waals surface area contributed by atoms with E-state index < -0.39 is 0 Å². The maximum absolute atomic E-state index is 5.63. The van der Waals surface area contributed by atoms with Crippen molar-refractivity contribution in [3.63, 3.8) is 0 Å². The van der Waals surface area contributed by atoms with Gasteiger partial charge in [-0.05, 0) is 24.3 Å². The third-order valence-electron chi connectivity index (χ3n) is 2.24. The number of hydrazine groups is 1. The van der Waals surface area contributed by atoms with Crippen LogP contribution in [-0.4, -0.2) is 17.3 Å². The average Bonchev–Trinajstić information content (AvgIpc) is 2.67. The van der Waals surface area contributed by atoms with Crippen LogP contribution in [0.15, 0.2) is 24.3 Å². The zero-order valence-corrected chi connectivity index (χ0v) is 9.32. The van der Waals surface area contributed by atoms with Crippen molar-refractivity contribution in [1.29, 1.82) is 0 Å². The minimum absolute atomic E-state index is 0.309. The molecule has 1 aromatic carbocycles. The fraction of sp³-hybridized carbons (Fsp3) is 0.100. The molecular weight excluding hydrogens is 220 g/mol. The number of nitrogens with zero attached hydrogens (tertiary/aromatic N) is 1. The van der Waals surface area contributed by atoms with Gasteiger partial charge in [-0.25, -0.2) is 0 Å². The number of rotatable bonds is 4. The Morgan fingerprint density at radius 3 is 2.41 bits per heavy atom. The molecule has 0 radical (unpaired) electrons. The minimum Gasteiger partial charge on any atom is -0.497 e. The number of aromatic amines is 1. The van der Waals surface area contributed by atoms with Crippen LogP contribution in [0.4, 0.5) is 23.0 Å². The highest BCUT2D eigenvalue weighted by Crippen LogP contribution is 2.22. The Balaban J connectivity index is 2.02. The Morgan fingerprint density at radius 1 is 1.18 bits per heavy atom. The van der Waals surface area contributed by atoms with Crippen molar-refractivity contribution in [2.45, 2.75) is 0 Å². The lowest BCUT2D eigenvalue weighted by molar-refractivity contribution is 0.415. The smallest absolute Gasteiger partial charge is 0.172 e. The van der Waals surface area contributed by atoms with Crippen molar-refractivity contribution in [2.75, 3.05) is 29.4 Å². The van der Waals surface area contributed by atoms with Gasteiger partial charge < -0.3 is 21.6 Å². The second-order valence-electron chi connectivity index (χ2n) is 3.38. The molecule has 2 aromatic rings. The van der Waals surface area contributed by atoms with E-state index in [9.17, 15) is 0 Å². The van der Waals surface area contributed by atoms with Gasteiger partial charge in [0.2, 0.25) is 0 Å². The number of hydrogen-bond donors (Lipinski definition) is 5. The molecule has 7 heteroatoms. The highest BCUT2D eigenvalue weighted by atomic mass is 16.5. The first-order valence-electron chi connectivity index (χ1n) is 4.96. The van der Waals surface area contributed by atoms with Gasteiger partial charge in [-0.3, -0.25) is 10.5 Å². The lowest BCUT2D eigenvalue weighted by Crippen LogP contribution is -2.10. The van der Waals surface area contributed by atoms with Gasteiger partial charge in [0.05, 0.1) is 12.8 Å². The number of anilines is 4. The summed E-state index contributed by atoms with van der Waals surface area (Å²) in [7, 11) is 1.62. The van der Waals surface area contributed by atoms with Crippen molar-refractivity contribution < 1.29 is 4.74 Å². The molecule has 0 saturated heterocycles. The fourth-order valence-corrected chi connectivity index (χ4v) is 1.31. The Morgan fingerprint density at radius 2 is 1.88 bits per heavy atom. The molecule has 0 spiro atoms. The van der Waals surface area contributed by atoms with Gasteiger partial charge in [0, 0.05) is 0 Å². The molecule has 17 heavy (non-hydrogen) atoms. The predicted octanol–water partition coefficient (Wildman–Crippen LogP) is 1.02. The first-order valence-corrected chi connectivity index (χ1v) is 4.96. The molecule has 7 nitrogen and oxygen atoms in total. The van der Waals surface area contributed by atoms with Gasteiger partial charge in [-0.2, -0.15) is 5.10 Å². The van der Waals surface area contributed by atoms with Crippen LogP contribution in [0.2, 0.25) is 0 Å². The summed E-state index contributed by atoms with van der Waals surface area (Å²) in [6, 6.07) is 7.40. The number of methoxy groups -OCH3 is 1. The fourth-order valence-electron chi connectivity index (χ4n) is 1.31. The van der Waals surface area contributed by atoms with Gasteiger partial charge in [-0.1, -0.05) is 0 Å². The zero-order chi connectivity index (χ0) is 12.3. The van der Waals surface area contributed by atoms with E-state index in [2.05, 4.69) is 21.0 Å². The Labute approximate surface area is 98.1 Å². The average molecular weight is 234 g/mol. The van der Waals surface area contributed by atoms with E-state index in [1.54, 1.807) is 7.11 Å². The van der Waals surface area contributed by atoms with E-state index in [1.807, 2.05) is 24.3 Å². The second-order valence-corrected chi connectivity index (χ2v) is 3.38. The van der Waals surface area contributed by atoms with E-state index >= 15 is 0 Å². The van der Waals surface area contributed by atoms with Crippen LogP contribution in [0.25, 0.3) is 0 Å². The highest BCUT2D eigenvalue weighted by molar-refractivity contribution is 5.75. The molecule has 0 amide bonds. The molecule has 7 N–H and O–H groups in total. The van der Waals surface area contributed by atoms with Crippen LogP contribution in [0.5, 0.6) is 5.75 Å². The third kappa shape index (κ3) is 2.33. The summed E-state index contributed by atoms with van der Waals surface area (Å²) in [5, 5.41) is 6.33. The molecule has 0 aliphatic heterocycles. The van der Waals surface area contributed by atoms with Crippen molar-refractivity contribution >= 4 is 23.0 Å². The van der Waals surface area contributed by atoms with Gasteiger partial charge in [0.25, 0.3) is 0 Å². The third-order valence-corrected chi connectivity index (χ3v) is 2.24. The summed E-state index contributed by atoms with van der Waals surface area (Å²) in [6.45, 7) is 0. The quantitative estimate of drug-likeness (QED) is 0.505. The number of hydrogen-bond acceptors (Lipinski definition) is 6. The topological polar surface area (TPSA) is 114 Å². The lowest BCUT2D eigenvalue weighted by Gasteiger charge is -2.09. The summed E-state index contributed by atoms with van der Waals surface area (Å²) in [4.78, 5) is 0. The molecule has 0 aliphatic carbocycles. The molecule has 0 aliphatic rings. The van der Waals surface area contributed by atoms with Gasteiger partial charge >= 0.3 is 0 Å². The maximum Gasteiger partial charge on any atom is 0.172 e. The number of ether oxygens (including phenoxy) is 1. The van der Waals surface area contributed by atoms with Gasteiger partial charge in [-0.15, -0.1) is 0 Å². The van der Waals surface area contributed by atoms with E-state index in [0.717, 1.165) is 11.4 Å². The number of aromatic nitrogens is 2. The van der Waals surface area contributed by atoms with E-state index in [4.69, 9.17) is 16.2 Å². The molecule has 0 atom stereocenters. The van der Waals surface area contributed by atoms with Crippen LogP contribution in [0, 0.1) is 0 Å². The summed E-state index contributed by atoms with van der Waals surface area (Å²) in [6.07, 6.45) is 0. The van der Waals surface area contributed by atoms with Crippen LogP contribution in [0.1, 0.15) is 0 Å². The Hall–Kier alpha value is -2.57. The first kappa shape index (κ1) is 10.9. The van der Waals surface area contributed by atoms with Crippen LogP contribution < -0.4 is 27.1 Å². The first-order chi connectivity index (χ1) is 8.20. The van der Waals surface area contributed by atoms with Crippen molar-refractivity contribution in [1.82, 2.24) is 10.2 Å². The molecule has 1 aromatic heterocycles. The molecule has 0 bridgehead atoms. The molecule has 0 unspecified atom stereocenters. The number of H-pyrrole nitrogens is 1. The number of nitrogens with one attached hydrogen (secondary N) is 3. The monoisotopic (exact) mass is 234 g/mol. The minimum atomic E-state index is 0.309. The zero-order valence-electron chi connectivity index (χ0n) is 9.32. The van der Waals surface area contributed by atoms with E-state index in [1.165, 1.54) is 0 Å². The largest absolute Gasteiger partial charge is 0.497 e. The predicted molar refractivity (Wildman–Crippen MR) is 67.7 cm³/mol. The van der Waals surface area contributed by atoms with Gasteiger partial charge in [0.1, 0.15) is 17.3 Å². The lowest BCUT2D eigenvalue weighted by atomic mass is 10.3. The maximum atomic E-state index is 5.63. The summed E-state index contributed by atoms with van der Waals surface area (Å²) < 4.78 is 5.05. The second kappa shape index (κ2) is 4.52. The SMILES string of the molecule is COc1ccc(NNc2c(N)n[nH]c2N)cc1. The number of nitrogens with two attached hydrogens (primary N) is 2. The summed E-state index contributed by atoms with van der Waals surface area (Å²) in [5.41, 5.74) is 18.5. The van der Waals surface area contributed by atoms with Crippen molar-refractivity contribution in [3.05, 3.63) is 24.3 Å². The van der Waals surface area contributed by atoms with Crippen LogP contribution in [-0.2, 0) is 0 Å². The van der Waals surface area contributed by atoms with Gasteiger partial charge in [0.15, 0.2) is 5.82 Å². The van der Waals surface area contributed by atoms with Crippen molar-refractivity contribution in [3.8, 4) is 5.75 Å². The Kier molecular flexibility index (Phi) is 2.91. The summed E-state index contributed by atoms with van der Waals surface area (Å²) >= 11 is 0. The standard InChI is InChI=1S/C10H14N6O/c1-17-7-4-2-6(3-5-7)13-14-8-9(11)15-16-10(8)12/h2-5,13-14H,1H3,(H5,11,12,15,16). The van der Waals surface area contributed by atoms with Crippen molar-refractivity contribution in [2.24, 2.45) is 0 Å². The van der Waals surface area contributed by atoms with Crippen LogP contribution >= 0.6 is 0 Å². The Bertz CT molecular complexity index is 472. The molecule has 0 fully saturated rings.